The minimum Gasteiger partial charge on any atom is -0.362 e. The summed E-state index contributed by atoms with van der Waals surface area (Å²) in [6.07, 6.45) is 5.34. The number of nitrogens with two attached hydrogens (primary N) is 1. The summed E-state index contributed by atoms with van der Waals surface area (Å²) < 4.78 is 0. The van der Waals surface area contributed by atoms with Crippen molar-refractivity contribution in [2.45, 2.75) is 44.7 Å². The van der Waals surface area contributed by atoms with E-state index in [2.05, 4.69) is 15.3 Å². The second kappa shape index (κ2) is 8.65. The van der Waals surface area contributed by atoms with Gasteiger partial charge in [0.05, 0.1) is 0 Å². The Kier molecular flexibility index (Phi) is 6.24. The molecule has 1 aliphatic carbocycles. The van der Waals surface area contributed by atoms with Gasteiger partial charge in [0.25, 0.3) is 0 Å². The lowest BCUT2D eigenvalue weighted by Gasteiger charge is -2.36. The van der Waals surface area contributed by atoms with Crippen molar-refractivity contribution in [2.24, 2.45) is 5.73 Å². The van der Waals surface area contributed by atoms with Gasteiger partial charge in [-0.1, -0.05) is 17.7 Å². The number of anilines is 3. The normalized spacial score (nSPS) is 19.1. The first-order valence-corrected chi connectivity index (χ1v) is 9.84. The van der Waals surface area contributed by atoms with Crippen molar-refractivity contribution in [3.8, 4) is 0 Å². The molecule has 1 aliphatic rings. The molecule has 1 heterocycles. The molecular weight excluding hydrogens is 376 g/mol. The Morgan fingerprint density at radius 2 is 1.96 bits per heavy atom. The summed E-state index contributed by atoms with van der Waals surface area (Å²) in [4.78, 5) is 24.7. The fraction of sp³-hybridized carbons (Fsp3) is 0.450. The van der Waals surface area contributed by atoms with Crippen molar-refractivity contribution in [2.75, 3.05) is 29.2 Å². The first-order valence-electron chi connectivity index (χ1n) is 9.47. The van der Waals surface area contributed by atoms with E-state index in [9.17, 15) is 4.79 Å². The fourth-order valence-corrected chi connectivity index (χ4v) is 3.94. The second-order valence-electron chi connectivity index (χ2n) is 7.43. The Morgan fingerprint density at radius 3 is 2.57 bits per heavy atom. The van der Waals surface area contributed by atoms with Crippen molar-refractivity contribution >= 4 is 35.1 Å². The molecular formula is C20H27ClN6O. The Morgan fingerprint density at radius 1 is 1.25 bits per heavy atom. The van der Waals surface area contributed by atoms with Crippen LogP contribution in [0.15, 0.2) is 30.5 Å². The quantitative estimate of drug-likeness (QED) is 0.793. The van der Waals surface area contributed by atoms with E-state index in [1.54, 1.807) is 17.0 Å². The Balaban J connectivity index is 1.65. The topological polar surface area (TPSA) is 87.4 Å². The molecule has 0 aliphatic heterocycles. The van der Waals surface area contributed by atoms with E-state index >= 15 is 0 Å². The van der Waals surface area contributed by atoms with Crippen LogP contribution in [0.1, 0.15) is 31.2 Å². The van der Waals surface area contributed by atoms with E-state index in [0.29, 0.717) is 11.0 Å². The lowest BCUT2D eigenvalue weighted by Crippen LogP contribution is -2.46. The summed E-state index contributed by atoms with van der Waals surface area (Å²) in [5.41, 5.74) is 7.45. The number of nitrogens with one attached hydrogen (secondary N) is 1. The molecule has 0 radical (unpaired) electrons. The van der Waals surface area contributed by atoms with E-state index in [0.717, 1.165) is 42.8 Å². The largest absolute Gasteiger partial charge is 0.362 e. The van der Waals surface area contributed by atoms with Crippen LogP contribution in [-0.2, 0) is 0 Å². The lowest BCUT2D eigenvalue weighted by atomic mass is 9.90. The molecule has 28 heavy (non-hydrogen) atoms. The van der Waals surface area contributed by atoms with E-state index < -0.39 is 6.03 Å². The lowest BCUT2D eigenvalue weighted by molar-refractivity contribution is 0.248. The summed E-state index contributed by atoms with van der Waals surface area (Å²) in [7, 11) is 3.94. The monoisotopic (exact) mass is 402 g/mol. The van der Waals surface area contributed by atoms with Crippen LogP contribution in [0, 0.1) is 6.92 Å². The van der Waals surface area contributed by atoms with Gasteiger partial charge in [-0.2, -0.15) is 4.98 Å². The highest BCUT2D eigenvalue weighted by Gasteiger charge is 2.29. The van der Waals surface area contributed by atoms with Crippen LogP contribution in [0.25, 0.3) is 0 Å². The van der Waals surface area contributed by atoms with Gasteiger partial charge in [-0.3, -0.25) is 4.90 Å². The highest BCUT2D eigenvalue weighted by Crippen LogP contribution is 2.30. The third kappa shape index (κ3) is 4.65. The van der Waals surface area contributed by atoms with Gasteiger partial charge in [-0.05, 0) is 50.8 Å². The molecule has 8 heteroatoms. The summed E-state index contributed by atoms with van der Waals surface area (Å²) in [5, 5.41) is 4.03. The zero-order chi connectivity index (χ0) is 20.3. The number of benzene rings is 1. The average Bonchev–Trinajstić information content (AvgIpc) is 2.64. The maximum absolute atomic E-state index is 12.1. The number of hydrogen-bond acceptors (Lipinski definition) is 5. The van der Waals surface area contributed by atoms with E-state index in [4.69, 9.17) is 17.3 Å². The number of urea groups is 1. The van der Waals surface area contributed by atoms with Gasteiger partial charge in [0, 0.05) is 48.6 Å². The van der Waals surface area contributed by atoms with Crippen molar-refractivity contribution < 1.29 is 4.79 Å². The summed E-state index contributed by atoms with van der Waals surface area (Å²) in [6, 6.07) is 7.14. The number of halogens is 1. The number of aromatic nitrogens is 2. The van der Waals surface area contributed by atoms with Gasteiger partial charge in [0.2, 0.25) is 5.95 Å². The predicted molar refractivity (Wildman–Crippen MR) is 114 cm³/mol. The molecule has 2 amide bonds. The van der Waals surface area contributed by atoms with Gasteiger partial charge in [0.1, 0.15) is 5.82 Å². The van der Waals surface area contributed by atoms with Crippen LogP contribution < -0.4 is 20.9 Å². The number of amides is 2. The smallest absolute Gasteiger partial charge is 0.319 e. The number of carbonyl (C=O) groups is 1. The summed E-state index contributed by atoms with van der Waals surface area (Å²) in [5.74, 6) is 1.55. The molecule has 7 nitrogen and oxygen atoms in total. The molecule has 2 aromatic rings. The fourth-order valence-electron chi connectivity index (χ4n) is 3.76. The number of rotatable bonds is 5. The first-order chi connectivity index (χ1) is 13.3. The zero-order valence-corrected chi connectivity index (χ0v) is 17.3. The van der Waals surface area contributed by atoms with Crippen molar-refractivity contribution in [1.82, 2.24) is 9.97 Å². The van der Waals surface area contributed by atoms with Crippen molar-refractivity contribution in [3.05, 3.63) is 41.0 Å². The predicted octanol–water partition coefficient (Wildman–Crippen LogP) is 3.81. The highest BCUT2D eigenvalue weighted by atomic mass is 35.5. The Labute approximate surface area is 170 Å². The molecule has 1 fully saturated rings. The number of primary amides is 1. The van der Waals surface area contributed by atoms with Crippen LogP contribution >= 0.6 is 11.6 Å². The molecule has 1 aromatic carbocycles. The molecule has 150 valence electrons. The summed E-state index contributed by atoms with van der Waals surface area (Å²) in [6.45, 7) is 2.00. The third-order valence-corrected chi connectivity index (χ3v) is 5.32. The molecule has 3 rings (SSSR count). The molecule has 0 saturated heterocycles. The Hall–Kier alpha value is -2.54. The van der Waals surface area contributed by atoms with Crippen LogP contribution in [-0.4, -0.2) is 42.2 Å². The first kappa shape index (κ1) is 20.2. The molecule has 1 saturated carbocycles. The SMILES string of the molecule is Cc1cnc(NC2CCC(N(C(N)=O)c3cccc(Cl)c3)CC2)nc1N(C)C. The third-order valence-electron chi connectivity index (χ3n) is 5.09. The molecule has 0 bridgehead atoms. The number of carbonyl (C=O) groups excluding carboxylic acids is 1. The molecule has 3 N–H and O–H groups in total. The summed E-state index contributed by atoms with van der Waals surface area (Å²) >= 11 is 6.09. The van der Waals surface area contributed by atoms with Gasteiger partial charge in [-0.15, -0.1) is 0 Å². The molecule has 1 aromatic heterocycles. The number of nitrogens with zero attached hydrogens (tertiary/aromatic N) is 4. The highest BCUT2D eigenvalue weighted by molar-refractivity contribution is 6.30. The number of aryl methyl sites for hydroxylation is 1. The van der Waals surface area contributed by atoms with Gasteiger partial charge in [-0.25, -0.2) is 9.78 Å². The maximum atomic E-state index is 12.1. The van der Waals surface area contributed by atoms with Gasteiger partial charge >= 0.3 is 6.03 Å². The van der Waals surface area contributed by atoms with Crippen LogP contribution in [0.4, 0.5) is 22.2 Å². The Bertz CT molecular complexity index is 835. The van der Waals surface area contributed by atoms with Crippen molar-refractivity contribution in [1.29, 1.82) is 0 Å². The second-order valence-corrected chi connectivity index (χ2v) is 7.87. The molecule has 0 unspecified atom stereocenters. The van der Waals surface area contributed by atoms with E-state index in [1.165, 1.54) is 0 Å². The molecule has 0 spiro atoms. The standard InChI is InChI=1S/C20H27ClN6O/c1-13-12-23-20(25-18(13)26(2)3)24-15-7-9-16(10-8-15)27(19(22)28)17-6-4-5-14(21)11-17/h4-6,11-12,15-16H,7-10H2,1-3H3,(H2,22,28)(H,23,24,25). The van der Waals surface area contributed by atoms with Crippen LogP contribution in [0.3, 0.4) is 0 Å². The minimum absolute atomic E-state index is 0.0605. The van der Waals surface area contributed by atoms with Gasteiger partial charge in [0.15, 0.2) is 0 Å². The van der Waals surface area contributed by atoms with Crippen LogP contribution in [0.2, 0.25) is 5.02 Å². The van der Waals surface area contributed by atoms with Crippen molar-refractivity contribution in [3.63, 3.8) is 0 Å². The van der Waals surface area contributed by atoms with Crippen LogP contribution in [0.5, 0.6) is 0 Å². The maximum Gasteiger partial charge on any atom is 0.319 e. The average molecular weight is 403 g/mol. The minimum atomic E-state index is -0.448. The number of hydrogen-bond donors (Lipinski definition) is 2. The van der Waals surface area contributed by atoms with Gasteiger partial charge < -0.3 is 16.0 Å². The zero-order valence-electron chi connectivity index (χ0n) is 16.5. The van der Waals surface area contributed by atoms with E-state index in [-0.39, 0.29) is 12.1 Å². The molecule has 0 atom stereocenters. The van der Waals surface area contributed by atoms with E-state index in [1.807, 2.05) is 44.2 Å².